The summed E-state index contributed by atoms with van der Waals surface area (Å²) in [5, 5.41) is 1.23. The Balaban J connectivity index is 2.78. The molecule has 0 fully saturated rings. The molecule has 1 aromatic carbocycles. The zero-order valence-corrected chi connectivity index (χ0v) is 14.8. The van der Waals surface area contributed by atoms with Crippen molar-refractivity contribution in [3.63, 3.8) is 0 Å². The molecule has 0 bridgehead atoms. The van der Waals surface area contributed by atoms with Crippen molar-refractivity contribution in [1.29, 1.82) is 0 Å². The Hall–Kier alpha value is -1.17. The first kappa shape index (κ1) is 17.9. The molecule has 21 heavy (non-hydrogen) atoms. The molecule has 0 aliphatic heterocycles. The Morgan fingerprint density at radius 1 is 1.29 bits per heavy atom. The zero-order chi connectivity index (χ0) is 15.9. The van der Waals surface area contributed by atoms with Gasteiger partial charge in [-0.3, -0.25) is 9.63 Å². The highest BCUT2D eigenvalue weighted by molar-refractivity contribution is 6.71. The summed E-state index contributed by atoms with van der Waals surface area (Å²) in [5.41, 5.74) is 1.56. The minimum Gasteiger partial charge on any atom is -0.413 e. The van der Waals surface area contributed by atoms with Crippen LogP contribution in [0.25, 0.3) is 0 Å². The summed E-state index contributed by atoms with van der Waals surface area (Å²) in [5.74, 6) is -0.148. The standard InChI is InChI=1S/C16H27NO3Si/c1-6-7-12-21(4,5)20-13-14-10-8-9-11-15(14)16(18)17(2)19-3/h8-11H,6-7,12-13H2,1-5H3. The largest absolute Gasteiger partial charge is 0.413 e. The van der Waals surface area contributed by atoms with Crippen molar-refractivity contribution >= 4 is 14.2 Å². The number of nitrogens with zero attached hydrogens (tertiary/aromatic N) is 1. The van der Waals surface area contributed by atoms with Crippen LogP contribution in [0.2, 0.25) is 19.1 Å². The number of amides is 1. The van der Waals surface area contributed by atoms with E-state index in [9.17, 15) is 4.79 Å². The second-order valence-electron chi connectivity index (χ2n) is 5.79. The molecular weight excluding hydrogens is 282 g/mol. The van der Waals surface area contributed by atoms with Crippen LogP contribution in [0.3, 0.4) is 0 Å². The second kappa shape index (κ2) is 8.31. The maximum absolute atomic E-state index is 12.2. The monoisotopic (exact) mass is 309 g/mol. The number of hydrogen-bond donors (Lipinski definition) is 0. The third kappa shape index (κ3) is 5.61. The molecule has 0 aromatic heterocycles. The first-order valence-electron chi connectivity index (χ1n) is 7.45. The summed E-state index contributed by atoms with van der Waals surface area (Å²) in [6.45, 7) is 7.14. The fraction of sp³-hybridized carbons (Fsp3) is 0.562. The fourth-order valence-electron chi connectivity index (χ4n) is 2.06. The topological polar surface area (TPSA) is 38.8 Å². The number of carbonyl (C=O) groups is 1. The van der Waals surface area contributed by atoms with Crippen LogP contribution in [-0.2, 0) is 15.9 Å². The summed E-state index contributed by atoms with van der Waals surface area (Å²) in [7, 11) is 1.44. The van der Waals surface area contributed by atoms with Gasteiger partial charge in [-0.05, 0) is 30.8 Å². The molecule has 0 saturated carbocycles. The van der Waals surface area contributed by atoms with Gasteiger partial charge in [0.2, 0.25) is 0 Å². The molecule has 1 rings (SSSR count). The van der Waals surface area contributed by atoms with E-state index in [0.717, 1.165) is 11.6 Å². The number of carbonyl (C=O) groups excluding carboxylic acids is 1. The number of hydroxylamine groups is 2. The van der Waals surface area contributed by atoms with E-state index in [2.05, 4.69) is 20.0 Å². The number of hydrogen-bond acceptors (Lipinski definition) is 3. The highest BCUT2D eigenvalue weighted by Crippen LogP contribution is 2.19. The maximum Gasteiger partial charge on any atom is 0.277 e. The molecule has 0 radical (unpaired) electrons. The van der Waals surface area contributed by atoms with E-state index >= 15 is 0 Å². The van der Waals surface area contributed by atoms with Crippen LogP contribution in [0, 0.1) is 0 Å². The van der Waals surface area contributed by atoms with Gasteiger partial charge in [0.1, 0.15) is 0 Å². The molecule has 118 valence electrons. The van der Waals surface area contributed by atoms with Crippen LogP contribution in [0.5, 0.6) is 0 Å². The van der Waals surface area contributed by atoms with Gasteiger partial charge in [-0.25, -0.2) is 5.06 Å². The van der Waals surface area contributed by atoms with Gasteiger partial charge in [0, 0.05) is 12.6 Å². The van der Waals surface area contributed by atoms with Gasteiger partial charge in [-0.2, -0.15) is 0 Å². The van der Waals surface area contributed by atoms with E-state index in [-0.39, 0.29) is 5.91 Å². The second-order valence-corrected chi connectivity index (χ2v) is 10.1. The molecule has 1 amide bonds. The van der Waals surface area contributed by atoms with E-state index in [4.69, 9.17) is 9.26 Å². The van der Waals surface area contributed by atoms with Crippen LogP contribution in [0.4, 0.5) is 0 Å². The van der Waals surface area contributed by atoms with Gasteiger partial charge in [-0.1, -0.05) is 38.0 Å². The van der Waals surface area contributed by atoms with Gasteiger partial charge in [-0.15, -0.1) is 0 Å². The molecule has 5 heteroatoms. The highest BCUT2D eigenvalue weighted by atomic mass is 28.4. The number of rotatable bonds is 8. The quantitative estimate of drug-likeness (QED) is 0.541. The molecule has 0 aliphatic carbocycles. The number of benzene rings is 1. The molecule has 0 atom stereocenters. The lowest BCUT2D eigenvalue weighted by Crippen LogP contribution is -2.31. The summed E-state index contributed by atoms with van der Waals surface area (Å²) >= 11 is 0. The van der Waals surface area contributed by atoms with Crippen molar-refractivity contribution in [1.82, 2.24) is 5.06 Å². The van der Waals surface area contributed by atoms with Gasteiger partial charge < -0.3 is 4.43 Å². The lowest BCUT2D eigenvalue weighted by atomic mass is 10.1. The SMILES string of the molecule is CCCC[Si](C)(C)OCc1ccccc1C(=O)N(C)OC. The lowest BCUT2D eigenvalue weighted by Gasteiger charge is -2.24. The van der Waals surface area contributed by atoms with E-state index in [1.54, 1.807) is 7.05 Å². The Bertz CT molecular complexity index is 463. The summed E-state index contributed by atoms with van der Waals surface area (Å²) in [6.07, 6.45) is 2.39. The van der Waals surface area contributed by atoms with Crippen LogP contribution >= 0.6 is 0 Å². The minimum absolute atomic E-state index is 0.148. The molecule has 0 aliphatic rings. The average Bonchev–Trinajstić information content (AvgIpc) is 2.50. The molecule has 0 unspecified atom stereocenters. The van der Waals surface area contributed by atoms with Crippen molar-refractivity contribution < 1.29 is 14.1 Å². The van der Waals surface area contributed by atoms with Gasteiger partial charge >= 0.3 is 0 Å². The van der Waals surface area contributed by atoms with Crippen LogP contribution in [0.1, 0.15) is 35.7 Å². The summed E-state index contributed by atoms with van der Waals surface area (Å²) in [6, 6.07) is 8.71. The minimum atomic E-state index is -1.66. The summed E-state index contributed by atoms with van der Waals surface area (Å²) < 4.78 is 6.15. The first-order chi connectivity index (χ1) is 9.91. The van der Waals surface area contributed by atoms with Crippen LogP contribution in [0.15, 0.2) is 24.3 Å². The Morgan fingerprint density at radius 3 is 2.57 bits per heavy atom. The van der Waals surface area contributed by atoms with Gasteiger partial charge in [0.05, 0.1) is 13.7 Å². The van der Waals surface area contributed by atoms with Gasteiger partial charge in [0.15, 0.2) is 8.32 Å². The third-order valence-corrected chi connectivity index (χ3v) is 6.04. The normalized spacial score (nSPS) is 11.5. The van der Waals surface area contributed by atoms with Crippen molar-refractivity contribution in [3.05, 3.63) is 35.4 Å². The van der Waals surface area contributed by atoms with E-state index < -0.39 is 8.32 Å². The molecule has 0 saturated heterocycles. The van der Waals surface area contributed by atoms with Crippen molar-refractivity contribution in [2.75, 3.05) is 14.2 Å². The Morgan fingerprint density at radius 2 is 1.95 bits per heavy atom. The smallest absolute Gasteiger partial charge is 0.277 e. The van der Waals surface area contributed by atoms with E-state index in [0.29, 0.717) is 12.2 Å². The molecule has 0 heterocycles. The number of unbranched alkanes of at least 4 members (excludes halogenated alkanes) is 1. The van der Waals surface area contributed by atoms with Crippen molar-refractivity contribution in [2.45, 2.75) is 45.5 Å². The molecular formula is C16H27NO3Si. The summed E-state index contributed by atoms with van der Waals surface area (Å²) in [4.78, 5) is 17.2. The third-order valence-electron chi connectivity index (χ3n) is 3.56. The predicted octanol–water partition coefficient (Wildman–Crippen LogP) is 3.84. The molecule has 0 N–H and O–H groups in total. The Kier molecular flexibility index (Phi) is 7.08. The molecule has 1 aromatic rings. The Labute approximate surface area is 129 Å². The maximum atomic E-state index is 12.2. The van der Waals surface area contributed by atoms with E-state index in [1.165, 1.54) is 25.0 Å². The first-order valence-corrected chi connectivity index (χ1v) is 10.6. The molecule has 4 nitrogen and oxygen atoms in total. The average molecular weight is 309 g/mol. The fourth-order valence-corrected chi connectivity index (χ4v) is 3.95. The van der Waals surface area contributed by atoms with Crippen LogP contribution in [-0.4, -0.2) is 33.4 Å². The van der Waals surface area contributed by atoms with Crippen molar-refractivity contribution in [2.24, 2.45) is 0 Å². The predicted molar refractivity (Wildman–Crippen MR) is 87.5 cm³/mol. The zero-order valence-electron chi connectivity index (χ0n) is 13.8. The van der Waals surface area contributed by atoms with E-state index in [1.807, 2.05) is 24.3 Å². The van der Waals surface area contributed by atoms with Crippen molar-refractivity contribution in [3.8, 4) is 0 Å². The van der Waals surface area contributed by atoms with Gasteiger partial charge in [0.25, 0.3) is 5.91 Å². The highest BCUT2D eigenvalue weighted by Gasteiger charge is 2.23. The van der Waals surface area contributed by atoms with Crippen LogP contribution < -0.4 is 0 Å². The lowest BCUT2D eigenvalue weighted by molar-refractivity contribution is -0.0758. The molecule has 0 spiro atoms.